The van der Waals surface area contributed by atoms with Crippen molar-refractivity contribution < 1.29 is 14.5 Å². The summed E-state index contributed by atoms with van der Waals surface area (Å²) in [4.78, 5) is 42.7. The minimum absolute atomic E-state index is 0.0351. The van der Waals surface area contributed by atoms with Gasteiger partial charge in [-0.25, -0.2) is 0 Å². The predicted molar refractivity (Wildman–Crippen MR) is 117 cm³/mol. The summed E-state index contributed by atoms with van der Waals surface area (Å²) in [6.07, 6.45) is 2.99. The third-order valence-corrected chi connectivity index (χ3v) is 5.69. The Bertz CT molecular complexity index is 1210. The largest absolute Gasteiger partial charge is 0.327 e. The second kappa shape index (κ2) is 8.14. The van der Waals surface area contributed by atoms with Gasteiger partial charge in [-0.2, -0.15) is 0 Å². The molecule has 0 radical (unpaired) electrons. The number of anilines is 1. The Morgan fingerprint density at radius 3 is 2.71 bits per heavy atom. The normalized spacial score (nSPS) is 15.8. The molecule has 0 saturated carbocycles. The van der Waals surface area contributed by atoms with Crippen LogP contribution >= 0.6 is 0 Å². The van der Waals surface area contributed by atoms with E-state index in [9.17, 15) is 19.7 Å². The van der Waals surface area contributed by atoms with Crippen molar-refractivity contribution in [2.24, 2.45) is 0 Å². The summed E-state index contributed by atoms with van der Waals surface area (Å²) < 4.78 is 0. The van der Waals surface area contributed by atoms with Crippen LogP contribution in [0.25, 0.3) is 10.9 Å². The molecule has 8 heteroatoms. The molecule has 1 aliphatic rings. The van der Waals surface area contributed by atoms with E-state index in [2.05, 4.69) is 10.3 Å². The van der Waals surface area contributed by atoms with Crippen LogP contribution in [0.4, 0.5) is 11.4 Å². The van der Waals surface area contributed by atoms with E-state index >= 15 is 0 Å². The average molecular weight is 418 g/mol. The SMILES string of the molecule is Cc1cc(C(=O)N2CCCC2C(=O)Nc2ccc(C)c3ncccc23)ccc1[N+](=O)[O-]. The lowest BCUT2D eigenvalue weighted by molar-refractivity contribution is -0.385. The Morgan fingerprint density at radius 1 is 1.16 bits per heavy atom. The Kier molecular flexibility index (Phi) is 5.37. The van der Waals surface area contributed by atoms with Gasteiger partial charge in [-0.3, -0.25) is 24.7 Å². The van der Waals surface area contributed by atoms with Gasteiger partial charge in [0.15, 0.2) is 0 Å². The third kappa shape index (κ3) is 3.84. The molecule has 0 bridgehead atoms. The van der Waals surface area contributed by atoms with E-state index in [4.69, 9.17) is 0 Å². The lowest BCUT2D eigenvalue weighted by Gasteiger charge is -2.24. The fraction of sp³-hybridized carbons (Fsp3) is 0.261. The number of pyridine rings is 1. The molecule has 2 aromatic carbocycles. The highest BCUT2D eigenvalue weighted by Gasteiger charge is 2.35. The zero-order chi connectivity index (χ0) is 22.1. The smallest absolute Gasteiger partial charge is 0.272 e. The monoisotopic (exact) mass is 418 g/mol. The molecule has 4 rings (SSSR count). The predicted octanol–water partition coefficient (Wildman–Crippen LogP) is 4.00. The standard InChI is InChI=1S/C23H22N4O4/c1-14-7-9-18(17-5-3-11-24-21(14)17)25-22(28)20-6-4-12-26(20)23(29)16-8-10-19(27(30)31)15(2)13-16/h3,5,7-11,13,20H,4,6,12H2,1-2H3,(H,25,28). The number of carbonyl (C=O) groups excluding carboxylic acids is 2. The average Bonchev–Trinajstić information content (AvgIpc) is 3.25. The topological polar surface area (TPSA) is 105 Å². The summed E-state index contributed by atoms with van der Waals surface area (Å²) in [5.41, 5.74) is 3.21. The molecule has 8 nitrogen and oxygen atoms in total. The second-order valence-corrected chi connectivity index (χ2v) is 7.73. The summed E-state index contributed by atoms with van der Waals surface area (Å²) in [5.74, 6) is -0.551. The minimum atomic E-state index is -0.601. The molecular formula is C23H22N4O4. The number of nitro groups is 1. The van der Waals surface area contributed by atoms with Gasteiger partial charge < -0.3 is 10.2 Å². The Balaban J connectivity index is 1.57. The van der Waals surface area contributed by atoms with Crippen molar-refractivity contribution in [1.82, 2.24) is 9.88 Å². The van der Waals surface area contributed by atoms with Gasteiger partial charge in [0.05, 0.1) is 16.1 Å². The van der Waals surface area contributed by atoms with Crippen LogP contribution in [0.15, 0.2) is 48.7 Å². The number of fused-ring (bicyclic) bond motifs is 1. The first kappa shape index (κ1) is 20.5. The van der Waals surface area contributed by atoms with Crippen LogP contribution in [-0.2, 0) is 4.79 Å². The van der Waals surface area contributed by atoms with E-state index in [1.165, 1.54) is 18.2 Å². The second-order valence-electron chi connectivity index (χ2n) is 7.73. The van der Waals surface area contributed by atoms with Gasteiger partial charge in [0.25, 0.3) is 11.6 Å². The fourth-order valence-corrected chi connectivity index (χ4v) is 4.08. The van der Waals surface area contributed by atoms with E-state index < -0.39 is 11.0 Å². The van der Waals surface area contributed by atoms with Gasteiger partial charge in [0, 0.05) is 35.3 Å². The lowest BCUT2D eigenvalue weighted by Crippen LogP contribution is -2.43. The number of rotatable bonds is 4. The number of carbonyl (C=O) groups is 2. The number of nitrogens with zero attached hydrogens (tertiary/aromatic N) is 3. The van der Waals surface area contributed by atoms with Crippen molar-refractivity contribution in [2.75, 3.05) is 11.9 Å². The Hall–Kier alpha value is -3.81. The molecular weight excluding hydrogens is 396 g/mol. The molecule has 0 aliphatic carbocycles. The van der Waals surface area contributed by atoms with Crippen molar-refractivity contribution in [2.45, 2.75) is 32.7 Å². The molecule has 1 aromatic heterocycles. The number of hydrogen-bond acceptors (Lipinski definition) is 5. The van der Waals surface area contributed by atoms with Crippen LogP contribution in [0, 0.1) is 24.0 Å². The van der Waals surface area contributed by atoms with Crippen LogP contribution in [0.2, 0.25) is 0 Å². The van der Waals surface area contributed by atoms with Gasteiger partial charge in [0.1, 0.15) is 6.04 Å². The highest BCUT2D eigenvalue weighted by atomic mass is 16.6. The van der Waals surface area contributed by atoms with Crippen LogP contribution < -0.4 is 5.32 Å². The number of amides is 2. The van der Waals surface area contributed by atoms with E-state index in [1.54, 1.807) is 18.0 Å². The number of aryl methyl sites for hydroxylation is 2. The number of benzene rings is 2. The maximum absolute atomic E-state index is 13.1. The van der Waals surface area contributed by atoms with Crippen LogP contribution in [0.5, 0.6) is 0 Å². The molecule has 0 spiro atoms. The van der Waals surface area contributed by atoms with Crippen molar-refractivity contribution in [3.05, 3.63) is 75.5 Å². The van der Waals surface area contributed by atoms with Crippen molar-refractivity contribution in [3.63, 3.8) is 0 Å². The van der Waals surface area contributed by atoms with Crippen molar-refractivity contribution >= 4 is 34.1 Å². The lowest BCUT2D eigenvalue weighted by atomic mass is 10.1. The van der Waals surface area contributed by atoms with Gasteiger partial charge in [0.2, 0.25) is 5.91 Å². The molecule has 3 aromatic rings. The summed E-state index contributed by atoms with van der Waals surface area (Å²) >= 11 is 0. The Labute approximate surface area is 179 Å². The quantitative estimate of drug-likeness (QED) is 0.509. The van der Waals surface area contributed by atoms with Crippen molar-refractivity contribution in [1.29, 1.82) is 0 Å². The van der Waals surface area contributed by atoms with Crippen LogP contribution in [-0.4, -0.2) is 39.2 Å². The van der Waals surface area contributed by atoms with Crippen LogP contribution in [0.1, 0.15) is 34.3 Å². The first-order valence-corrected chi connectivity index (χ1v) is 10.1. The number of nitrogens with one attached hydrogen (secondary N) is 1. The summed E-state index contributed by atoms with van der Waals surface area (Å²) in [7, 11) is 0. The molecule has 1 aliphatic heterocycles. The maximum Gasteiger partial charge on any atom is 0.272 e. The first-order chi connectivity index (χ1) is 14.9. The molecule has 2 amide bonds. The van der Waals surface area contributed by atoms with Crippen molar-refractivity contribution in [3.8, 4) is 0 Å². The number of hydrogen-bond donors (Lipinski definition) is 1. The van der Waals surface area contributed by atoms with Gasteiger partial charge in [-0.05, 0) is 62.6 Å². The van der Waals surface area contributed by atoms with Gasteiger partial charge in [-0.15, -0.1) is 0 Å². The third-order valence-electron chi connectivity index (χ3n) is 5.69. The maximum atomic E-state index is 13.1. The summed E-state index contributed by atoms with van der Waals surface area (Å²) in [6.45, 7) is 4.02. The zero-order valence-electron chi connectivity index (χ0n) is 17.3. The molecule has 1 N–H and O–H groups in total. The van der Waals surface area contributed by atoms with Gasteiger partial charge in [-0.1, -0.05) is 6.07 Å². The van der Waals surface area contributed by atoms with E-state index in [-0.39, 0.29) is 17.5 Å². The van der Waals surface area contributed by atoms with Gasteiger partial charge >= 0.3 is 0 Å². The first-order valence-electron chi connectivity index (χ1n) is 10.1. The van der Waals surface area contributed by atoms with E-state index in [0.29, 0.717) is 36.2 Å². The zero-order valence-corrected chi connectivity index (χ0v) is 17.3. The molecule has 1 saturated heterocycles. The van der Waals surface area contributed by atoms with Crippen LogP contribution in [0.3, 0.4) is 0 Å². The Morgan fingerprint density at radius 2 is 1.97 bits per heavy atom. The molecule has 31 heavy (non-hydrogen) atoms. The number of aromatic nitrogens is 1. The number of likely N-dealkylation sites (tertiary alicyclic amines) is 1. The molecule has 1 atom stereocenters. The number of nitro benzene ring substituents is 1. The molecule has 1 unspecified atom stereocenters. The molecule has 2 heterocycles. The van der Waals surface area contributed by atoms with E-state index in [1.807, 2.05) is 31.2 Å². The molecule has 158 valence electrons. The molecule has 1 fully saturated rings. The summed E-state index contributed by atoms with van der Waals surface area (Å²) in [5, 5.41) is 14.8. The minimum Gasteiger partial charge on any atom is -0.327 e. The summed E-state index contributed by atoms with van der Waals surface area (Å²) in [6, 6.07) is 11.2. The highest BCUT2D eigenvalue weighted by Crippen LogP contribution is 2.27. The van der Waals surface area contributed by atoms with E-state index in [0.717, 1.165) is 16.5 Å². The fourth-order valence-electron chi connectivity index (χ4n) is 4.08. The highest BCUT2D eigenvalue weighted by molar-refractivity contribution is 6.06.